The van der Waals surface area contributed by atoms with E-state index in [2.05, 4.69) is 16.8 Å². The highest BCUT2D eigenvalue weighted by molar-refractivity contribution is 7.12. The minimum Gasteiger partial charge on any atom is -0.495 e. The molecule has 1 amide bonds. The molecule has 0 bridgehead atoms. The highest BCUT2D eigenvalue weighted by atomic mass is 32.1. The number of hydrogen-bond acceptors (Lipinski definition) is 4. The molecule has 2 saturated heterocycles. The first-order chi connectivity index (χ1) is 9.72. The Bertz CT molecular complexity index is 488. The zero-order chi connectivity index (χ0) is 14.1. The van der Waals surface area contributed by atoms with Crippen molar-refractivity contribution in [1.82, 2.24) is 9.80 Å². The van der Waals surface area contributed by atoms with Gasteiger partial charge in [0.2, 0.25) is 0 Å². The van der Waals surface area contributed by atoms with Crippen LogP contribution in [0.5, 0.6) is 5.75 Å². The van der Waals surface area contributed by atoms with E-state index in [0.717, 1.165) is 30.8 Å². The van der Waals surface area contributed by atoms with Crippen molar-refractivity contribution in [1.29, 1.82) is 0 Å². The molecule has 3 rings (SSSR count). The molecule has 0 aromatic carbocycles. The summed E-state index contributed by atoms with van der Waals surface area (Å²) in [4.78, 5) is 18.1. The fourth-order valence-electron chi connectivity index (χ4n) is 3.61. The first kappa shape index (κ1) is 13.9. The average molecular weight is 294 g/mol. The summed E-state index contributed by atoms with van der Waals surface area (Å²) in [5.74, 6) is 0.866. The van der Waals surface area contributed by atoms with Crippen LogP contribution in [0, 0.1) is 0 Å². The van der Waals surface area contributed by atoms with Crippen molar-refractivity contribution in [3.05, 3.63) is 16.3 Å². The van der Waals surface area contributed by atoms with Gasteiger partial charge in [-0.1, -0.05) is 0 Å². The minimum atomic E-state index is 0.152. The predicted molar refractivity (Wildman–Crippen MR) is 80.6 cm³/mol. The summed E-state index contributed by atoms with van der Waals surface area (Å²) >= 11 is 1.48. The maximum absolute atomic E-state index is 12.8. The summed E-state index contributed by atoms with van der Waals surface area (Å²) < 4.78 is 5.30. The molecule has 1 aromatic rings. The number of carbonyl (C=O) groups excluding carboxylic acids is 1. The molecule has 20 heavy (non-hydrogen) atoms. The predicted octanol–water partition coefficient (Wildman–Crippen LogP) is 2.46. The third-order valence-electron chi connectivity index (χ3n) is 4.62. The third-order valence-corrected chi connectivity index (χ3v) is 5.51. The second-order valence-electron chi connectivity index (χ2n) is 5.72. The summed E-state index contributed by atoms with van der Waals surface area (Å²) in [6.07, 6.45) is 4.72. The number of hydrogen-bond donors (Lipinski definition) is 0. The fraction of sp³-hybridized carbons (Fsp3) is 0.667. The first-order valence-corrected chi connectivity index (χ1v) is 8.23. The van der Waals surface area contributed by atoms with Gasteiger partial charge in [0, 0.05) is 18.6 Å². The lowest BCUT2D eigenvalue weighted by atomic mass is 10.0. The van der Waals surface area contributed by atoms with Gasteiger partial charge in [-0.25, -0.2) is 0 Å². The van der Waals surface area contributed by atoms with Gasteiger partial charge >= 0.3 is 0 Å². The van der Waals surface area contributed by atoms with E-state index in [-0.39, 0.29) is 5.91 Å². The van der Waals surface area contributed by atoms with E-state index in [4.69, 9.17) is 4.74 Å². The van der Waals surface area contributed by atoms with Crippen LogP contribution in [0.2, 0.25) is 0 Å². The summed E-state index contributed by atoms with van der Waals surface area (Å²) in [5, 5.41) is 1.93. The number of amides is 1. The lowest BCUT2D eigenvalue weighted by molar-refractivity contribution is 0.0666. The van der Waals surface area contributed by atoms with E-state index < -0.39 is 0 Å². The minimum absolute atomic E-state index is 0.152. The molecule has 110 valence electrons. The first-order valence-electron chi connectivity index (χ1n) is 7.35. The topological polar surface area (TPSA) is 32.8 Å². The molecule has 0 unspecified atom stereocenters. The lowest BCUT2D eigenvalue weighted by Gasteiger charge is -2.33. The van der Waals surface area contributed by atoms with Crippen LogP contribution in [0.3, 0.4) is 0 Å². The van der Waals surface area contributed by atoms with Gasteiger partial charge in [-0.05, 0) is 50.7 Å². The zero-order valence-electron chi connectivity index (χ0n) is 12.2. The SMILES string of the molecule is COc1ccsc1C(=O)N1CCC[C@@H]1[C@H]1CCCN1C. The number of thiophene rings is 1. The van der Waals surface area contributed by atoms with Crippen LogP contribution in [-0.4, -0.2) is 55.0 Å². The molecule has 2 aliphatic rings. The van der Waals surface area contributed by atoms with Gasteiger partial charge in [0.1, 0.15) is 10.6 Å². The molecule has 3 heterocycles. The van der Waals surface area contributed by atoms with Crippen molar-refractivity contribution in [3.8, 4) is 5.75 Å². The van der Waals surface area contributed by atoms with Gasteiger partial charge in [0.05, 0.1) is 7.11 Å². The van der Waals surface area contributed by atoms with Crippen LogP contribution < -0.4 is 4.74 Å². The maximum Gasteiger partial charge on any atom is 0.268 e. The summed E-state index contributed by atoms with van der Waals surface area (Å²) in [6.45, 7) is 2.04. The van der Waals surface area contributed by atoms with Crippen molar-refractivity contribution in [3.63, 3.8) is 0 Å². The molecule has 0 saturated carbocycles. The van der Waals surface area contributed by atoms with E-state index in [1.165, 1.54) is 24.2 Å². The average Bonchev–Trinajstić information content (AvgIpc) is 3.17. The molecule has 0 spiro atoms. The number of likely N-dealkylation sites (N-methyl/N-ethyl adjacent to an activating group) is 1. The van der Waals surface area contributed by atoms with Crippen molar-refractivity contribution < 1.29 is 9.53 Å². The van der Waals surface area contributed by atoms with Gasteiger partial charge in [-0.2, -0.15) is 0 Å². The fourth-order valence-corrected chi connectivity index (χ4v) is 4.42. The van der Waals surface area contributed by atoms with Gasteiger partial charge in [-0.15, -0.1) is 11.3 Å². The van der Waals surface area contributed by atoms with Crippen molar-refractivity contribution >= 4 is 17.2 Å². The number of ether oxygens (including phenoxy) is 1. The Morgan fingerprint density at radius 3 is 2.75 bits per heavy atom. The molecule has 2 aliphatic heterocycles. The van der Waals surface area contributed by atoms with Crippen molar-refractivity contribution in [2.24, 2.45) is 0 Å². The highest BCUT2D eigenvalue weighted by Gasteiger charge is 2.39. The van der Waals surface area contributed by atoms with E-state index in [0.29, 0.717) is 17.8 Å². The van der Waals surface area contributed by atoms with Gasteiger partial charge < -0.3 is 14.5 Å². The van der Waals surface area contributed by atoms with E-state index in [1.807, 2.05) is 11.4 Å². The van der Waals surface area contributed by atoms with Gasteiger partial charge in [0.25, 0.3) is 5.91 Å². The Hall–Kier alpha value is -1.07. The van der Waals surface area contributed by atoms with Gasteiger partial charge in [-0.3, -0.25) is 4.79 Å². The Labute approximate surface area is 124 Å². The highest BCUT2D eigenvalue weighted by Crippen LogP contribution is 2.33. The van der Waals surface area contributed by atoms with E-state index >= 15 is 0 Å². The van der Waals surface area contributed by atoms with Crippen LogP contribution in [0.4, 0.5) is 0 Å². The number of methoxy groups -OCH3 is 1. The standard InChI is InChI=1S/C15H22N2O2S/c1-16-8-3-5-11(16)12-6-4-9-17(12)15(18)14-13(19-2)7-10-20-14/h7,10-12H,3-6,8-9H2,1-2H3/t11-,12-/m1/s1. The molecule has 4 nitrogen and oxygen atoms in total. The van der Waals surface area contributed by atoms with Crippen LogP contribution in [0.25, 0.3) is 0 Å². The molecular weight excluding hydrogens is 272 g/mol. The summed E-state index contributed by atoms with van der Waals surface area (Å²) in [6, 6.07) is 2.79. The Balaban J connectivity index is 1.80. The number of rotatable bonds is 3. The maximum atomic E-state index is 12.8. The van der Waals surface area contributed by atoms with Crippen molar-refractivity contribution in [2.45, 2.75) is 37.8 Å². The molecule has 0 radical (unpaired) electrons. The quantitative estimate of drug-likeness (QED) is 0.858. The molecule has 0 aliphatic carbocycles. The van der Waals surface area contributed by atoms with Crippen LogP contribution >= 0.6 is 11.3 Å². The Morgan fingerprint density at radius 1 is 1.30 bits per heavy atom. The summed E-state index contributed by atoms with van der Waals surface area (Å²) in [7, 11) is 3.81. The molecule has 1 aromatic heterocycles. The second-order valence-corrected chi connectivity index (χ2v) is 6.63. The number of likely N-dealkylation sites (tertiary alicyclic amines) is 2. The number of nitrogens with zero attached hydrogens (tertiary/aromatic N) is 2. The number of carbonyl (C=O) groups is 1. The van der Waals surface area contributed by atoms with Crippen LogP contribution in [0.15, 0.2) is 11.4 Å². The molecular formula is C15H22N2O2S. The van der Waals surface area contributed by atoms with Crippen molar-refractivity contribution in [2.75, 3.05) is 27.2 Å². The molecule has 5 heteroatoms. The lowest BCUT2D eigenvalue weighted by Crippen LogP contribution is -2.47. The normalized spacial score (nSPS) is 27.2. The summed E-state index contributed by atoms with van der Waals surface area (Å²) in [5.41, 5.74) is 0. The van der Waals surface area contributed by atoms with E-state index in [1.54, 1.807) is 7.11 Å². The smallest absolute Gasteiger partial charge is 0.268 e. The largest absolute Gasteiger partial charge is 0.495 e. The van der Waals surface area contributed by atoms with Crippen LogP contribution in [0.1, 0.15) is 35.4 Å². The monoisotopic (exact) mass is 294 g/mol. The molecule has 2 atom stereocenters. The Morgan fingerprint density at radius 2 is 2.05 bits per heavy atom. The zero-order valence-corrected chi connectivity index (χ0v) is 13.0. The third kappa shape index (κ3) is 2.33. The molecule has 2 fully saturated rings. The molecule has 0 N–H and O–H groups in total. The van der Waals surface area contributed by atoms with Crippen LogP contribution in [-0.2, 0) is 0 Å². The van der Waals surface area contributed by atoms with E-state index in [9.17, 15) is 4.79 Å². The Kier molecular flexibility index (Phi) is 3.98. The second kappa shape index (κ2) is 5.74. The van der Waals surface area contributed by atoms with Gasteiger partial charge in [0.15, 0.2) is 0 Å².